The molecule has 0 aromatic carbocycles. The van der Waals surface area contributed by atoms with E-state index in [4.69, 9.17) is 27.9 Å². The van der Waals surface area contributed by atoms with Crippen molar-refractivity contribution in [2.45, 2.75) is 17.3 Å². The van der Waals surface area contributed by atoms with Crippen molar-refractivity contribution in [2.24, 2.45) is 0 Å². The smallest absolute Gasteiger partial charge is 0.329 e. The highest BCUT2D eigenvalue weighted by atomic mass is 35.5. The van der Waals surface area contributed by atoms with Crippen LogP contribution in [0.3, 0.4) is 0 Å². The van der Waals surface area contributed by atoms with Crippen LogP contribution < -0.4 is 5.32 Å². The summed E-state index contributed by atoms with van der Waals surface area (Å²) in [7, 11) is 0. The van der Waals surface area contributed by atoms with Crippen LogP contribution in [0.1, 0.15) is 4.88 Å². The van der Waals surface area contributed by atoms with Crippen LogP contribution in [-0.4, -0.2) is 29.4 Å². The van der Waals surface area contributed by atoms with E-state index in [1.54, 1.807) is 0 Å². The van der Waals surface area contributed by atoms with Crippen molar-refractivity contribution in [3.05, 3.63) is 35.0 Å². The number of ether oxygens (including phenoxy) is 1. The van der Waals surface area contributed by atoms with E-state index in [0.717, 1.165) is 4.88 Å². The lowest BCUT2D eigenvalue weighted by Gasteiger charge is -2.16. The van der Waals surface area contributed by atoms with E-state index >= 15 is 0 Å². The number of hydrogen-bond donors (Lipinski definition) is 1. The number of esters is 1. The van der Waals surface area contributed by atoms with Gasteiger partial charge in [-0.05, 0) is 11.4 Å². The highest BCUT2D eigenvalue weighted by Crippen LogP contribution is 2.13. The number of halogens is 2. The number of hydrogen-bond acceptors (Lipinski definition) is 4. The predicted octanol–water partition coefficient (Wildman–Crippen LogP) is 2.31. The first kappa shape index (κ1) is 16.0. The van der Waals surface area contributed by atoms with E-state index < -0.39 is 22.8 Å². The number of alkyl halides is 2. The van der Waals surface area contributed by atoms with Crippen LogP contribution in [0.4, 0.5) is 0 Å². The van der Waals surface area contributed by atoms with E-state index in [2.05, 4.69) is 11.9 Å². The zero-order chi connectivity index (χ0) is 14.3. The van der Waals surface area contributed by atoms with E-state index in [1.807, 2.05) is 17.5 Å². The molecule has 104 valence electrons. The number of nitrogens with one attached hydrogen (secondary N) is 1. The average Bonchev–Trinajstić information content (AvgIpc) is 2.87. The third-order valence-corrected chi connectivity index (χ3v) is 3.42. The van der Waals surface area contributed by atoms with Crippen LogP contribution in [-0.2, 0) is 20.7 Å². The maximum Gasteiger partial charge on any atom is 0.329 e. The minimum absolute atomic E-state index is 0.0841. The molecule has 1 amide bonds. The van der Waals surface area contributed by atoms with Gasteiger partial charge in [0.1, 0.15) is 12.6 Å². The summed E-state index contributed by atoms with van der Waals surface area (Å²) in [6, 6.07) is 2.91. The standard InChI is InChI=1S/C12H13Cl2NO3S/c1-2-5-18-12(17)9(15-11(16)10(13)14)7-8-4-3-6-19-8/h2-4,6,9-10H,1,5,7H2,(H,15,16)/t9-/m1/s1. The molecule has 0 bridgehead atoms. The first-order valence-electron chi connectivity index (χ1n) is 5.43. The molecule has 0 aliphatic rings. The van der Waals surface area contributed by atoms with Gasteiger partial charge in [-0.25, -0.2) is 4.79 Å². The SMILES string of the molecule is C=CCOC(=O)[C@@H](Cc1cccs1)NC(=O)C(Cl)Cl. The molecule has 19 heavy (non-hydrogen) atoms. The average molecular weight is 322 g/mol. The summed E-state index contributed by atoms with van der Waals surface area (Å²) < 4.78 is 4.93. The summed E-state index contributed by atoms with van der Waals surface area (Å²) in [6.07, 6.45) is 1.79. The second-order valence-corrected chi connectivity index (χ2v) is 5.69. The molecule has 0 saturated carbocycles. The number of carbonyl (C=O) groups is 2. The molecule has 1 N–H and O–H groups in total. The van der Waals surface area contributed by atoms with Gasteiger partial charge in [0, 0.05) is 11.3 Å². The topological polar surface area (TPSA) is 55.4 Å². The lowest BCUT2D eigenvalue weighted by atomic mass is 10.2. The van der Waals surface area contributed by atoms with Crippen molar-refractivity contribution in [1.29, 1.82) is 0 Å². The summed E-state index contributed by atoms with van der Waals surface area (Å²) >= 11 is 12.4. The zero-order valence-electron chi connectivity index (χ0n) is 9.97. The van der Waals surface area contributed by atoms with E-state index in [9.17, 15) is 9.59 Å². The summed E-state index contributed by atoms with van der Waals surface area (Å²) in [5.41, 5.74) is 0. The Morgan fingerprint density at radius 1 is 1.53 bits per heavy atom. The van der Waals surface area contributed by atoms with Gasteiger partial charge in [0.15, 0.2) is 4.84 Å². The molecule has 0 aliphatic carbocycles. The van der Waals surface area contributed by atoms with E-state index in [0.29, 0.717) is 6.42 Å². The third kappa shape index (κ3) is 5.63. The molecule has 0 aliphatic heterocycles. The first-order chi connectivity index (χ1) is 9.04. The first-order valence-corrected chi connectivity index (χ1v) is 7.18. The summed E-state index contributed by atoms with van der Waals surface area (Å²) in [5, 5.41) is 4.34. The lowest BCUT2D eigenvalue weighted by molar-refractivity contribution is -0.146. The Morgan fingerprint density at radius 3 is 2.79 bits per heavy atom. The molecule has 1 aromatic rings. The highest BCUT2D eigenvalue weighted by molar-refractivity contribution is 7.09. The Labute approximate surface area is 125 Å². The van der Waals surface area contributed by atoms with Gasteiger partial charge in [0.25, 0.3) is 5.91 Å². The largest absolute Gasteiger partial charge is 0.460 e. The molecule has 1 aromatic heterocycles. The van der Waals surface area contributed by atoms with Crippen LogP contribution >= 0.6 is 34.5 Å². The van der Waals surface area contributed by atoms with Crippen LogP contribution in [0.2, 0.25) is 0 Å². The molecule has 1 heterocycles. The number of rotatable bonds is 7. The lowest BCUT2D eigenvalue weighted by Crippen LogP contribution is -2.45. The fourth-order valence-electron chi connectivity index (χ4n) is 1.30. The summed E-state index contributed by atoms with van der Waals surface area (Å²) in [4.78, 5) is 23.0. The van der Waals surface area contributed by atoms with Crippen molar-refractivity contribution in [3.63, 3.8) is 0 Å². The Balaban J connectivity index is 2.69. The highest BCUT2D eigenvalue weighted by Gasteiger charge is 2.25. The normalized spacial score (nSPS) is 11.9. The molecule has 1 atom stereocenters. The number of amides is 1. The molecule has 0 radical (unpaired) electrons. The molecule has 0 spiro atoms. The Morgan fingerprint density at radius 2 is 2.26 bits per heavy atom. The Kier molecular flexibility index (Phi) is 6.91. The quantitative estimate of drug-likeness (QED) is 0.476. The van der Waals surface area contributed by atoms with Crippen LogP contribution in [0.5, 0.6) is 0 Å². The van der Waals surface area contributed by atoms with Gasteiger partial charge in [-0.3, -0.25) is 4.79 Å². The van der Waals surface area contributed by atoms with Gasteiger partial charge in [0.05, 0.1) is 0 Å². The molecule has 0 fully saturated rings. The summed E-state index contributed by atoms with van der Waals surface area (Å²) in [5.74, 6) is -1.17. The van der Waals surface area contributed by atoms with Gasteiger partial charge in [-0.1, -0.05) is 41.9 Å². The van der Waals surface area contributed by atoms with Crippen molar-refractivity contribution in [3.8, 4) is 0 Å². The van der Waals surface area contributed by atoms with Crippen LogP contribution in [0.15, 0.2) is 30.2 Å². The molecule has 4 nitrogen and oxygen atoms in total. The van der Waals surface area contributed by atoms with Crippen molar-refractivity contribution in [1.82, 2.24) is 5.32 Å². The molecular formula is C12H13Cl2NO3S. The monoisotopic (exact) mass is 321 g/mol. The van der Waals surface area contributed by atoms with Crippen molar-refractivity contribution >= 4 is 46.4 Å². The van der Waals surface area contributed by atoms with E-state index in [1.165, 1.54) is 17.4 Å². The van der Waals surface area contributed by atoms with Gasteiger partial charge >= 0.3 is 5.97 Å². The minimum Gasteiger partial charge on any atom is -0.460 e. The number of carbonyl (C=O) groups excluding carboxylic acids is 2. The molecule has 7 heteroatoms. The van der Waals surface area contributed by atoms with E-state index in [-0.39, 0.29) is 6.61 Å². The van der Waals surface area contributed by atoms with Gasteiger partial charge in [0.2, 0.25) is 0 Å². The predicted molar refractivity (Wildman–Crippen MR) is 76.6 cm³/mol. The Bertz CT molecular complexity index is 434. The third-order valence-electron chi connectivity index (χ3n) is 2.13. The van der Waals surface area contributed by atoms with Crippen LogP contribution in [0, 0.1) is 0 Å². The summed E-state index contributed by atoms with van der Waals surface area (Å²) in [6.45, 7) is 3.54. The van der Waals surface area contributed by atoms with Gasteiger partial charge in [-0.15, -0.1) is 11.3 Å². The molecule has 0 unspecified atom stereocenters. The fourth-order valence-corrected chi connectivity index (χ4v) is 2.18. The van der Waals surface area contributed by atoms with Gasteiger partial charge in [-0.2, -0.15) is 0 Å². The fraction of sp³-hybridized carbons (Fsp3) is 0.333. The molecule has 0 saturated heterocycles. The second-order valence-electron chi connectivity index (χ2n) is 3.56. The molecule has 1 rings (SSSR count). The minimum atomic E-state index is -1.22. The second kappa shape index (κ2) is 8.19. The van der Waals surface area contributed by atoms with Crippen molar-refractivity contribution in [2.75, 3.05) is 6.61 Å². The Hall–Kier alpha value is -1.04. The number of thiophene rings is 1. The van der Waals surface area contributed by atoms with Crippen LogP contribution in [0.25, 0.3) is 0 Å². The maximum absolute atomic E-state index is 11.8. The zero-order valence-corrected chi connectivity index (χ0v) is 12.3. The van der Waals surface area contributed by atoms with Crippen molar-refractivity contribution < 1.29 is 14.3 Å². The molecular weight excluding hydrogens is 309 g/mol. The maximum atomic E-state index is 11.8. The van der Waals surface area contributed by atoms with Gasteiger partial charge < -0.3 is 10.1 Å².